The molecule has 0 N–H and O–H groups in total. The van der Waals surface area contributed by atoms with Crippen molar-refractivity contribution < 1.29 is 67.7 Å². The molecule has 18 heteroatoms. The molecule has 0 amide bonds. The SMILES string of the molecule is CC(C)(C)c1cc(CN2CCOCCOCCOCCOCC2)c([O][Ge][N]([Si](C)(C)C)[Si](C)(C)C)c(C(C)(C)C)c1.O=S(=O)([O-])C(F)(F)F.[Li+]. The fourth-order valence-corrected chi connectivity index (χ4v) is 18.4. The average Bonchev–Trinajstić information content (AvgIpc) is 2.90. The van der Waals surface area contributed by atoms with Crippen LogP contribution in [0.3, 0.4) is 0 Å². The maximum absolute atomic E-state index is 10.7. The Hall–Kier alpha value is 0.0540. The Balaban J connectivity index is 0.00000237. The van der Waals surface area contributed by atoms with E-state index >= 15 is 0 Å². The van der Waals surface area contributed by atoms with Crippen molar-refractivity contribution in [1.29, 1.82) is 0 Å². The Morgan fingerprint density at radius 3 is 1.48 bits per heavy atom. The number of halogens is 3. The van der Waals surface area contributed by atoms with Crippen molar-refractivity contribution >= 4 is 42.6 Å². The number of nitrogens with zero attached hydrogens (tertiary/aromatic N) is 2. The van der Waals surface area contributed by atoms with Crippen LogP contribution in [-0.4, -0.2) is 125 Å². The summed E-state index contributed by atoms with van der Waals surface area (Å²) >= 11 is -0.788. The zero-order valence-corrected chi connectivity index (χ0v) is 37.6. The van der Waals surface area contributed by atoms with Gasteiger partial charge in [0.15, 0.2) is 10.1 Å². The molecule has 286 valence electrons. The van der Waals surface area contributed by atoms with Crippen LogP contribution in [-0.2, 0) is 46.4 Å². The Bertz CT molecular complexity index is 1230. The van der Waals surface area contributed by atoms with Crippen LogP contribution in [0.5, 0.6) is 5.75 Å². The molecule has 50 heavy (non-hydrogen) atoms. The molecular weight excluding hydrogens is 765 g/mol. The van der Waals surface area contributed by atoms with E-state index in [1.54, 1.807) is 0 Å². The third kappa shape index (κ3) is 18.9. The molecule has 0 aliphatic carbocycles. The molecule has 1 heterocycles. The Kier molecular flexibility index (Phi) is 21.2. The Morgan fingerprint density at radius 1 is 0.780 bits per heavy atom. The Morgan fingerprint density at radius 2 is 1.16 bits per heavy atom. The van der Waals surface area contributed by atoms with Crippen molar-refractivity contribution in [2.24, 2.45) is 0 Å². The van der Waals surface area contributed by atoms with Crippen LogP contribution in [0.4, 0.5) is 13.2 Å². The first-order valence-electron chi connectivity index (χ1n) is 16.6. The standard InChI is InChI=1S/C31H60GeN2O5Si2.CHF3O3S.Li/c1-30(2,3)27-23-26(25-33-13-15-35-17-19-37-21-22-38-20-18-36-16-14-33)29(28(24-27)31(4,5)6)39-32-34(40(7,8)9)41(10,11)12;2-1(3,4)8(5,6)7;/h23-24H,13-22,25H2,1-12H3;(H,5,6,7);/q;;+1/p-1. The van der Waals surface area contributed by atoms with Gasteiger partial charge in [0.1, 0.15) is 0 Å². The summed E-state index contributed by atoms with van der Waals surface area (Å²) in [4.78, 5) is 2.46. The fraction of sp³-hybridized carbons (Fsp3) is 0.812. The average molecular weight is 826 g/mol. The van der Waals surface area contributed by atoms with Crippen molar-refractivity contribution in [3.8, 4) is 5.75 Å². The molecule has 1 saturated heterocycles. The quantitative estimate of drug-likeness (QED) is 0.231. The van der Waals surface area contributed by atoms with Gasteiger partial charge in [-0.25, -0.2) is 8.42 Å². The zero-order chi connectivity index (χ0) is 37.9. The minimum absolute atomic E-state index is 0. The van der Waals surface area contributed by atoms with Gasteiger partial charge in [0.2, 0.25) is 0 Å². The third-order valence-electron chi connectivity index (χ3n) is 7.32. The number of hydrogen-bond donors (Lipinski definition) is 0. The number of benzene rings is 1. The molecule has 0 saturated carbocycles. The molecule has 0 bridgehead atoms. The van der Waals surface area contributed by atoms with Crippen molar-refractivity contribution in [2.45, 2.75) is 104 Å². The van der Waals surface area contributed by atoms with E-state index in [-0.39, 0.29) is 29.7 Å². The van der Waals surface area contributed by atoms with Gasteiger partial charge in [0.05, 0.1) is 0 Å². The van der Waals surface area contributed by atoms with E-state index in [1.165, 1.54) is 16.7 Å². The van der Waals surface area contributed by atoms with E-state index in [9.17, 15) is 13.2 Å². The monoisotopic (exact) mass is 826 g/mol. The van der Waals surface area contributed by atoms with Gasteiger partial charge < -0.3 is 4.55 Å². The molecule has 1 aromatic rings. The van der Waals surface area contributed by atoms with E-state index in [1.807, 2.05) is 0 Å². The predicted octanol–water partition coefficient (Wildman–Crippen LogP) is 3.10. The van der Waals surface area contributed by atoms with Gasteiger partial charge in [-0.2, -0.15) is 13.2 Å². The van der Waals surface area contributed by atoms with Crippen LogP contribution in [0.25, 0.3) is 0 Å². The molecule has 10 nitrogen and oxygen atoms in total. The topological polar surface area (TPSA) is 110 Å². The van der Waals surface area contributed by atoms with Crippen molar-refractivity contribution in [1.82, 2.24) is 8.09 Å². The summed E-state index contributed by atoms with van der Waals surface area (Å²) in [6.07, 6.45) is 0. The molecule has 2 rings (SSSR count). The molecule has 1 aliphatic heterocycles. The second kappa shape index (κ2) is 21.2. The van der Waals surface area contributed by atoms with Gasteiger partial charge in [-0.3, -0.25) is 0 Å². The second-order valence-electron chi connectivity index (χ2n) is 16.0. The third-order valence-corrected chi connectivity index (χ3v) is 25.0. The Labute approximate surface area is 321 Å². The summed E-state index contributed by atoms with van der Waals surface area (Å²) in [6.45, 7) is 36.0. The van der Waals surface area contributed by atoms with Crippen LogP contribution in [0.15, 0.2) is 12.1 Å². The van der Waals surface area contributed by atoms with E-state index in [4.69, 9.17) is 35.7 Å². The first-order chi connectivity index (χ1) is 22.2. The van der Waals surface area contributed by atoms with E-state index in [2.05, 4.69) is 101 Å². The molecule has 0 aromatic heterocycles. The van der Waals surface area contributed by atoms with Gasteiger partial charge in [0, 0.05) is 0 Å². The maximum Gasteiger partial charge on any atom is 1.00 e. The van der Waals surface area contributed by atoms with Crippen LogP contribution in [0.1, 0.15) is 58.2 Å². The number of rotatable bonds is 7. The molecule has 1 aromatic carbocycles. The van der Waals surface area contributed by atoms with Crippen LogP contribution in [0, 0.1) is 0 Å². The molecule has 0 atom stereocenters. The van der Waals surface area contributed by atoms with Crippen LogP contribution < -0.4 is 22.6 Å². The van der Waals surface area contributed by atoms with Crippen molar-refractivity contribution in [2.75, 3.05) is 65.9 Å². The smallest absolute Gasteiger partial charge is 0.741 e. The van der Waals surface area contributed by atoms with E-state index < -0.39 is 48.1 Å². The van der Waals surface area contributed by atoms with Gasteiger partial charge in [-0.05, 0) is 0 Å². The van der Waals surface area contributed by atoms with Gasteiger partial charge in [-0.1, -0.05) is 0 Å². The van der Waals surface area contributed by atoms with Gasteiger partial charge in [0.25, 0.3) is 0 Å². The normalized spacial score (nSPS) is 17.5. The summed E-state index contributed by atoms with van der Waals surface area (Å²) < 4.78 is 92.0. The first-order valence-corrected chi connectivity index (χ1v) is 26.7. The molecule has 0 spiro atoms. The minimum atomic E-state index is -6.09. The first kappa shape index (κ1) is 50.1. The maximum atomic E-state index is 10.7. The predicted molar refractivity (Wildman–Crippen MR) is 193 cm³/mol. The number of ether oxygens (including phenoxy) is 4. The second-order valence-corrected chi connectivity index (χ2v) is 31.0. The summed E-state index contributed by atoms with van der Waals surface area (Å²) in [7, 11) is -9.13. The van der Waals surface area contributed by atoms with Crippen LogP contribution in [0.2, 0.25) is 39.3 Å². The van der Waals surface area contributed by atoms with E-state index in [0.717, 1.165) is 25.4 Å². The molecule has 1 fully saturated rings. The van der Waals surface area contributed by atoms with E-state index in [0.29, 0.717) is 52.9 Å². The molecule has 2 radical (unpaired) electrons. The summed E-state index contributed by atoms with van der Waals surface area (Å²) in [5.41, 5.74) is -1.69. The fourth-order valence-electron chi connectivity index (χ4n) is 4.95. The zero-order valence-electron chi connectivity index (χ0n) is 32.6. The van der Waals surface area contributed by atoms with Gasteiger partial charge >= 0.3 is 286 Å². The van der Waals surface area contributed by atoms with Gasteiger partial charge in [-0.15, -0.1) is 0 Å². The molecule has 1 aliphatic rings. The minimum Gasteiger partial charge on any atom is -0.741 e. The summed E-state index contributed by atoms with van der Waals surface area (Å²) in [6, 6.07) is 4.82. The van der Waals surface area contributed by atoms with Crippen LogP contribution >= 0.6 is 0 Å². The number of alkyl halides is 3. The molecule has 0 unspecified atom stereocenters. The summed E-state index contributed by atoms with van der Waals surface area (Å²) in [5, 5.41) is 0. The summed E-state index contributed by atoms with van der Waals surface area (Å²) in [5.74, 6) is 1.10. The number of hydrogen-bond acceptors (Lipinski definition) is 10. The van der Waals surface area contributed by atoms with Crippen molar-refractivity contribution in [3.63, 3.8) is 0 Å². The van der Waals surface area contributed by atoms with Crippen molar-refractivity contribution in [3.05, 3.63) is 28.8 Å². The molecular formula is C32H60F3GeLiN2O8SSi2. The largest absolute Gasteiger partial charge is 1.00 e.